The molecule has 1 aromatic carbocycles. The largest absolute Gasteiger partial charge is 0.433 e. The molecule has 1 aromatic rings. The van der Waals surface area contributed by atoms with E-state index in [1.165, 1.54) is 6.07 Å². The zero-order valence-corrected chi connectivity index (χ0v) is 10.5. The zero-order valence-electron chi connectivity index (χ0n) is 10.5. The molecule has 0 unspecified atom stereocenters. The second-order valence-corrected chi connectivity index (χ2v) is 4.61. The summed E-state index contributed by atoms with van der Waals surface area (Å²) in [6.45, 7) is 0.453. The smallest absolute Gasteiger partial charge is 0.387 e. The number of rotatable bonds is 4. The fourth-order valence-electron chi connectivity index (χ4n) is 2.16. The van der Waals surface area contributed by atoms with Crippen LogP contribution in [0.25, 0.3) is 0 Å². The van der Waals surface area contributed by atoms with Crippen LogP contribution < -0.4 is 15.4 Å². The van der Waals surface area contributed by atoms with Crippen molar-refractivity contribution in [2.45, 2.75) is 13.5 Å². The van der Waals surface area contributed by atoms with Crippen molar-refractivity contribution in [2.75, 3.05) is 18.4 Å². The van der Waals surface area contributed by atoms with E-state index in [0.29, 0.717) is 6.54 Å². The van der Waals surface area contributed by atoms with E-state index in [4.69, 9.17) is 0 Å². The van der Waals surface area contributed by atoms with Gasteiger partial charge in [0.05, 0.1) is 11.6 Å². The molecule has 4 nitrogen and oxygen atoms in total. The number of alkyl halides is 2. The molecule has 0 bridgehead atoms. The Labute approximate surface area is 110 Å². The van der Waals surface area contributed by atoms with Crippen molar-refractivity contribution in [1.82, 2.24) is 5.32 Å². The van der Waals surface area contributed by atoms with Gasteiger partial charge in [0.1, 0.15) is 5.75 Å². The molecule has 1 amide bonds. The Bertz CT molecular complexity index is 454. The second-order valence-electron chi connectivity index (χ2n) is 4.61. The second kappa shape index (κ2) is 5.97. The molecule has 0 aromatic heterocycles. The van der Waals surface area contributed by atoms with E-state index in [1.54, 1.807) is 18.2 Å². The number of nitrogens with one attached hydrogen (secondary N) is 2. The van der Waals surface area contributed by atoms with E-state index in [2.05, 4.69) is 15.4 Å². The van der Waals surface area contributed by atoms with Crippen LogP contribution in [0.1, 0.15) is 6.92 Å². The van der Waals surface area contributed by atoms with E-state index in [1.807, 2.05) is 6.92 Å². The maximum atomic E-state index is 12.3. The number of amides is 1. The van der Waals surface area contributed by atoms with Crippen LogP contribution in [-0.4, -0.2) is 25.6 Å². The Morgan fingerprint density at radius 2 is 2.16 bits per heavy atom. The van der Waals surface area contributed by atoms with Crippen LogP contribution in [0.3, 0.4) is 0 Å². The third-order valence-electron chi connectivity index (χ3n) is 3.22. The van der Waals surface area contributed by atoms with E-state index < -0.39 is 6.61 Å². The van der Waals surface area contributed by atoms with Crippen LogP contribution >= 0.6 is 0 Å². The van der Waals surface area contributed by atoms with Gasteiger partial charge in [-0.2, -0.15) is 8.78 Å². The molecule has 2 rings (SSSR count). The average Bonchev–Trinajstić information content (AvgIpc) is 2.77. The van der Waals surface area contributed by atoms with Gasteiger partial charge in [0.2, 0.25) is 5.91 Å². The summed E-state index contributed by atoms with van der Waals surface area (Å²) in [7, 11) is 0. The molecule has 1 aliphatic heterocycles. The van der Waals surface area contributed by atoms with Crippen molar-refractivity contribution in [3.63, 3.8) is 0 Å². The normalized spacial score (nSPS) is 22.5. The number of ether oxygens (including phenoxy) is 1. The van der Waals surface area contributed by atoms with Gasteiger partial charge < -0.3 is 15.4 Å². The first kappa shape index (κ1) is 13.7. The van der Waals surface area contributed by atoms with Crippen LogP contribution in [0.5, 0.6) is 5.75 Å². The molecule has 1 fully saturated rings. The monoisotopic (exact) mass is 270 g/mol. The van der Waals surface area contributed by atoms with Gasteiger partial charge in [-0.25, -0.2) is 0 Å². The number of carbonyl (C=O) groups is 1. The number of para-hydroxylation sites is 2. The summed E-state index contributed by atoms with van der Waals surface area (Å²) < 4.78 is 28.9. The number of carbonyl (C=O) groups excluding carboxylic acids is 1. The Morgan fingerprint density at radius 1 is 1.42 bits per heavy atom. The molecule has 0 radical (unpaired) electrons. The number of hydrogen-bond acceptors (Lipinski definition) is 3. The lowest BCUT2D eigenvalue weighted by molar-refractivity contribution is -0.120. The minimum atomic E-state index is -2.91. The van der Waals surface area contributed by atoms with Gasteiger partial charge in [0.25, 0.3) is 0 Å². The van der Waals surface area contributed by atoms with Crippen molar-refractivity contribution < 1.29 is 18.3 Å². The molecule has 0 aliphatic carbocycles. The molecular weight excluding hydrogens is 254 g/mol. The number of halogens is 2. The van der Waals surface area contributed by atoms with Gasteiger partial charge in [-0.1, -0.05) is 19.1 Å². The van der Waals surface area contributed by atoms with Gasteiger partial charge in [-0.05, 0) is 24.6 Å². The molecular formula is C13H16F2N2O2. The van der Waals surface area contributed by atoms with Crippen LogP contribution in [-0.2, 0) is 4.79 Å². The first-order chi connectivity index (χ1) is 9.08. The molecule has 19 heavy (non-hydrogen) atoms. The lowest BCUT2D eigenvalue weighted by atomic mass is 9.97. The van der Waals surface area contributed by atoms with Gasteiger partial charge >= 0.3 is 6.61 Å². The molecule has 104 valence electrons. The Kier molecular flexibility index (Phi) is 4.31. The predicted octanol–water partition coefficient (Wildman–Crippen LogP) is 2.08. The van der Waals surface area contributed by atoms with Crippen molar-refractivity contribution in [2.24, 2.45) is 11.8 Å². The lowest BCUT2D eigenvalue weighted by Gasteiger charge is -2.16. The van der Waals surface area contributed by atoms with E-state index in [9.17, 15) is 13.6 Å². The SMILES string of the molecule is C[C@@H]1CNC[C@H]1C(=O)Nc1ccccc1OC(F)F. The average molecular weight is 270 g/mol. The topological polar surface area (TPSA) is 50.4 Å². The van der Waals surface area contributed by atoms with Crippen molar-refractivity contribution in [3.8, 4) is 5.75 Å². The van der Waals surface area contributed by atoms with E-state index >= 15 is 0 Å². The first-order valence-electron chi connectivity index (χ1n) is 6.13. The maximum absolute atomic E-state index is 12.3. The highest BCUT2D eigenvalue weighted by atomic mass is 19.3. The standard InChI is InChI=1S/C13H16F2N2O2/c1-8-6-16-7-9(8)12(18)17-10-4-2-3-5-11(10)19-13(14)15/h2-5,8-9,13,16H,6-7H2,1H3,(H,17,18)/t8-,9-/m1/s1. The Balaban J connectivity index is 2.08. The van der Waals surface area contributed by atoms with Crippen LogP contribution in [0.15, 0.2) is 24.3 Å². The molecule has 2 atom stereocenters. The van der Waals surface area contributed by atoms with Gasteiger partial charge in [0, 0.05) is 6.54 Å². The lowest BCUT2D eigenvalue weighted by Crippen LogP contribution is -2.28. The predicted molar refractivity (Wildman–Crippen MR) is 67.2 cm³/mol. The minimum Gasteiger partial charge on any atom is -0.433 e. The van der Waals surface area contributed by atoms with Gasteiger partial charge in [-0.3, -0.25) is 4.79 Å². The highest BCUT2D eigenvalue weighted by Gasteiger charge is 2.30. The number of hydrogen-bond donors (Lipinski definition) is 2. The number of benzene rings is 1. The molecule has 1 saturated heterocycles. The highest BCUT2D eigenvalue weighted by Crippen LogP contribution is 2.27. The number of anilines is 1. The molecule has 2 N–H and O–H groups in total. The van der Waals surface area contributed by atoms with Crippen LogP contribution in [0.2, 0.25) is 0 Å². The van der Waals surface area contributed by atoms with Crippen molar-refractivity contribution in [3.05, 3.63) is 24.3 Å². The molecule has 6 heteroatoms. The van der Waals surface area contributed by atoms with Crippen LogP contribution in [0, 0.1) is 11.8 Å². The third kappa shape index (κ3) is 3.41. The van der Waals surface area contributed by atoms with E-state index in [-0.39, 0.29) is 29.2 Å². The third-order valence-corrected chi connectivity index (χ3v) is 3.22. The van der Waals surface area contributed by atoms with Crippen molar-refractivity contribution >= 4 is 11.6 Å². The summed E-state index contributed by atoms with van der Waals surface area (Å²) in [4.78, 5) is 12.1. The fourth-order valence-corrected chi connectivity index (χ4v) is 2.16. The summed E-state index contributed by atoms with van der Waals surface area (Å²) in [5.74, 6) is -0.130. The first-order valence-corrected chi connectivity index (χ1v) is 6.13. The summed E-state index contributed by atoms with van der Waals surface area (Å²) in [5, 5.41) is 5.77. The zero-order chi connectivity index (χ0) is 13.8. The Hall–Kier alpha value is -1.69. The van der Waals surface area contributed by atoms with Gasteiger partial charge in [-0.15, -0.1) is 0 Å². The maximum Gasteiger partial charge on any atom is 0.387 e. The quantitative estimate of drug-likeness (QED) is 0.880. The molecule has 0 spiro atoms. The molecule has 0 saturated carbocycles. The van der Waals surface area contributed by atoms with E-state index in [0.717, 1.165) is 6.54 Å². The van der Waals surface area contributed by atoms with Crippen LogP contribution in [0.4, 0.5) is 14.5 Å². The molecule has 1 aliphatic rings. The minimum absolute atomic E-state index is 0.0236. The summed E-state index contributed by atoms with van der Waals surface area (Å²) >= 11 is 0. The summed E-state index contributed by atoms with van der Waals surface area (Å²) in [6.07, 6.45) is 0. The van der Waals surface area contributed by atoms with Gasteiger partial charge in [0.15, 0.2) is 0 Å². The van der Waals surface area contributed by atoms with Crippen molar-refractivity contribution in [1.29, 1.82) is 0 Å². The highest BCUT2D eigenvalue weighted by molar-refractivity contribution is 5.94. The Morgan fingerprint density at radius 3 is 2.79 bits per heavy atom. The summed E-state index contributed by atoms with van der Waals surface area (Å²) in [6, 6.07) is 6.18. The molecule has 1 heterocycles. The summed E-state index contributed by atoms with van der Waals surface area (Å²) in [5.41, 5.74) is 0.270. The fraction of sp³-hybridized carbons (Fsp3) is 0.462.